The van der Waals surface area contributed by atoms with Crippen LogP contribution in [-0.4, -0.2) is 72.8 Å². The first-order valence-corrected chi connectivity index (χ1v) is 9.81. The van der Waals surface area contributed by atoms with Crippen molar-refractivity contribution in [1.29, 1.82) is 0 Å². The summed E-state index contributed by atoms with van der Waals surface area (Å²) < 4.78 is 11.3. The molecule has 3 saturated heterocycles. The second-order valence-electron chi connectivity index (χ2n) is 7.97. The molecule has 142 valence electrons. The molecule has 0 unspecified atom stereocenters. The Balaban J connectivity index is 1.32. The molecule has 0 saturated carbocycles. The van der Waals surface area contributed by atoms with Gasteiger partial charge in [0.2, 0.25) is 5.91 Å². The number of piperidine rings is 2. The smallest absolute Gasteiger partial charge is 0.222 e. The highest BCUT2D eigenvalue weighted by Gasteiger charge is 2.41. The first kappa shape index (κ1) is 17.9. The van der Waals surface area contributed by atoms with Gasteiger partial charge in [0.05, 0.1) is 25.9 Å². The molecular weight excluding hydrogens is 330 g/mol. The number of aromatic nitrogens is 1. The Labute approximate surface area is 155 Å². The Morgan fingerprint density at radius 1 is 1.15 bits per heavy atom. The molecule has 0 bridgehead atoms. The number of amides is 1. The van der Waals surface area contributed by atoms with Crippen molar-refractivity contribution in [2.24, 2.45) is 5.41 Å². The van der Waals surface area contributed by atoms with Gasteiger partial charge in [0.25, 0.3) is 0 Å². The van der Waals surface area contributed by atoms with Gasteiger partial charge >= 0.3 is 0 Å². The standard InChI is InChI=1S/C20H29N3O3/c24-19-1-4-20(16-23(19)13-17-2-7-21-8-3-17)5-9-22(10-6-20)14-18-15-25-11-12-26-18/h2-3,7-8,18H,1,4-6,9-16H2/t18-/m0/s1. The molecule has 1 atom stereocenters. The van der Waals surface area contributed by atoms with Crippen molar-refractivity contribution in [2.75, 3.05) is 46.0 Å². The molecule has 4 rings (SSSR count). The largest absolute Gasteiger partial charge is 0.376 e. The lowest BCUT2D eigenvalue weighted by Crippen LogP contribution is -2.52. The first-order valence-electron chi connectivity index (χ1n) is 9.81. The highest BCUT2D eigenvalue weighted by Crippen LogP contribution is 2.40. The average molecular weight is 359 g/mol. The van der Waals surface area contributed by atoms with E-state index in [2.05, 4.69) is 14.8 Å². The van der Waals surface area contributed by atoms with Gasteiger partial charge in [-0.3, -0.25) is 9.78 Å². The lowest BCUT2D eigenvalue weighted by atomic mass is 9.72. The number of carbonyl (C=O) groups is 1. The molecule has 26 heavy (non-hydrogen) atoms. The minimum atomic E-state index is 0.217. The van der Waals surface area contributed by atoms with Crippen LogP contribution in [0, 0.1) is 5.41 Å². The van der Waals surface area contributed by atoms with Crippen LogP contribution in [0.5, 0.6) is 0 Å². The third kappa shape index (κ3) is 4.24. The molecule has 1 aromatic rings. The zero-order valence-electron chi connectivity index (χ0n) is 15.4. The number of pyridine rings is 1. The molecule has 0 N–H and O–H groups in total. The van der Waals surface area contributed by atoms with Crippen LogP contribution in [-0.2, 0) is 20.8 Å². The van der Waals surface area contributed by atoms with Crippen molar-refractivity contribution in [2.45, 2.75) is 38.3 Å². The molecule has 0 aromatic carbocycles. The SMILES string of the molecule is O=C1CCC2(CCN(C[C@H]3COCCO3)CC2)CN1Cc1ccncc1. The van der Waals surface area contributed by atoms with E-state index in [1.54, 1.807) is 12.4 Å². The summed E-state index contributed by atoms with van der Waals surface area (Å²) in [5, 5.41) is 0. The Morgan fingerprint density at radius 3 is 2.69 bits per heavy atom. The Hall–Kier alpha value is -1.50. The van der Waals surface area contributed by atoms with Crippen LogP contribution >= 0.6 is 0 Å². The topological polar surface area (TPSA) is 54.9 Å². The van der Waals surface area contributed by atoms with Crippen LogP contribution in [0.3, 0.4) is 0 Å². The van der Waals surface area contributed by atoms with Crippen LogP contribution in [0.2, 0.25) is 0 Å². The molecule has 3 aliphatic heterocycles. The molecule has 1 amide bonds. The summed E-state index contributed by atoms with van der Waals surface area (Å²) in [7, 11) is 0. The summed E-state index contributed by atoms with van der Waals surface area (Å²) in [4.78, 5) is 21.1. The zero-order chi connectivity index (χ0) is 17.8. The number of hydrogen-bond acceptors (Lipinski definition) is 5. The van der Waals surface area contributed by atoms with E-state index in [4.69, 9.17) is 9.47 Å². The summed E-state index contributed by atoms with van der Waals surface area (Å²) in [5.74, 6) is 0.294. The van der Waals surface area contributed by atoms with E-state index in [1.807, 2.05) is 12.1 Å². The fourth-order valence-corrected chi connectivity index (χ4v) is 4.50. The maximum absolute atomic E-state index is 12.4. The van der Waals surface area contributed by atoms with Crippen LogP contribution < -0.4 is 0 Å². The van der Waals surface area contributed by atoms with Gasteiger partial charge in [-0.05, 0) is 55.5 Å². The number of nitrogens with zero attached hydrogens (tertiary/aromatic N) is 3. The van der Waals surface area contributed by atoms with Crippen molar-refractivity contribution in [3.05, 3.63) is 30.1 Å². The lowest BCUT2D eigenvalue weighted by Gasteiger charge is -2.48. The van der Waals surface area contributed by atoms with Crippen LogP contribution in [0.25, 0.3) is 0 Å². The van der Waals surface area contributed by atoms with Gasteiger partial charge in [0, 0.05) is 38.4 Å². The maximum Gasteiger partial charge on any atom is 0.222 e. The van der Waals surface area contributed by atoms with E-state index >= 15 is 0 Å². The van der Waals surface area contributed by atoms with Gasteiger partial charge < -0.3 is 19.3 Å². The summed E-state index contributed by atoms with van der Waals surface area (Å²) in [5.41, 5.74) is 1.46. The average Bonchev–Trinajstić information content (AvgIpc) is 2.69. The van der Waals surface area contributed by atoms with Gasteiger partial charge in [-0.1, -0.05) is 0 Å². The highest BCUT2D eigenvalue weighted by atomic mass is 16.6. The van der Waals surface area contributed by atoms with Crippen LogP contribution in [0.1, 0.15) is 31.2 Å². The quantitative estimate of drug-likeness (QED) is 0.819. The van der Waals surface area contributed by atoms with Gasteiger partial charge in [0.15, 0.2) is 0 Å². The van der Waals surface area contributed by atoms with Crippen molar-refractivity contribution in [3.63, 3.8) is 0 Å². The van der Waals surface area contributed by atoms with Gasteiger partial charge in [-0.15, -0.1) is 0 Å². The molecule has 6 heteroatoms. The van der Waals surface area contributed by atoms with E-state index < -0.39 is 0 Å². The lowest BCUT2D eigenvalue weighted by molar-refractivity contribution is -0.140. The van der Waals surface area contributed by atoms with Crippen LogP contribution in [0.15, 0.2) is 24.5 Å². The predicted molar refractivity (Wildman–Crippen MR) is 97.6 cm³/mol. The molecule has 0 radical (unpaired) electrons. The Kier molecular flexibility index (Phi) is 5.52. The van der Waals surface area contributed by atoms with Gasteiger partial charge in [0.1, 0.15) is 0 Å². The van der Waals surface area contributed by atoms with Gasteiger partial charge in [-0.25, -0.2) is 0 Å². The number of likely N-dealkylation sites (tertiary alicyclic amines) is 2. The second kappa shape index (κ2) is 8.03. The van der Waals surface area contributed by atoms with Crippen molar-refractivity contribution in [3.8, 4) is 0 Å². The molecule has 4 heterocycles. The highest BCUT2D eigenvalue weighted by molar-refractivity contribution is 5.77. The summed E-state index contributed by atoms with van der Waals surface area (Å²) >= 11 is 0. The monoisotopic (exact) mass is 359 g/mol. The molecule has 0 aliphatic carbocycles. The predicted octanol–water partition coefficient (Wildman–Crippen LogP) is 1.70. The molecule has 1 aromatic heterocycles. The minimum Gasteiger partial charge on any atom is -0.376 e. The van der Waals surface area contributed by atoms with Crippen LogP contribution in [0.4, 0.5) is 0 Å². The summed E-state index contributed by atoms with van der Waals surface area (Å²) in [6.07, 6.45) is 7.88. The number of carbonyl (C=O) groups excluding carboxylic acids is 1. The van der Waals surface area contributed by atoms with E-state index in [1.165, 1.54) is 12.8 Å². The molecule has 3 fully saturated rings. The number of hydrogen-bond donors (Lipinski definition) is 0. The zero-order valence-corrected chi connectivity index (χ0v) is 15.4. The van der Waals surface area contributed by atoms with Crippen molar-refractivity contribution >= 4 is 5.91 Å². The first-order chi connectivity index (χ1) is 12.7. The fourth-order valence-electron chi connectivity index (χ4n) is 4.50. The second-order valence-corrected chi connectivity index (χ2v) is 7.97. The fraction of sp³-hybridized carbons (Fsp3) is 0.700. The minimum absolute atomic E-state index is 0.217. The number of rotatable bonds is 4. The Morgan fingerprint density at radius 2 is 1.96 bits per heavy atom. The molecule has 6 nitrogen and oxygen atoms in total. The van der Waals surface area contributed by atoms with Gasteiger partial charge in [-0.2, -0.15) is 0 Å². The molecule has 3 aliphatic rings. The van der Waals surface area contributed by atoms with E-state index in [-0.39, 0.29) is 6.10 Å². The molecular formula is C20H29N3O3. The number of ether oxygens (including phenoxy) is 2. The van der Waals surface area contributed by atoms with E-state index in [0.29, 0.717) is 30.9 Å². The van der Waals surface area contributed by atoms with Crippen molar-refractivity contribution in [1.82, 2.24) is 14.8 Å². The van der Waals surface area contributed by atoms with E-state index in [0.717, 1.165) is 51.4 Å². The van der Waals surface area contributed by atoms with E-state index in [9.17, 15) is 4.79 Å². The summed E-state index contributed by atoms with van der Waals surface area (Å²) in [6.45, 7) is 6.92. The summed E-state index contributed by atoms with van der Waals surface area (Å²) in [6, 6.07) is 4.01. The normalized spacial score (nSPS) is 27.0. The van der Waals surface area contributed by atoms with Crippen molar-refractivity contribution < 1.29 is 14.3 Å². The maximum atomic E-state index is 12.4. The Bertz CT molecular complexity index is 596. The third-order valence-electron chi connectivity index (χ3n) is 6.13. The third-order valence-corrected chi connectivity index (χ3v) is 6.13. The molecule has 1 spiro atoms.